The molecule has 0 bridgehead atoms. The predicted molar refractivity (Wildman–Crippen MR) is 101 cm³/mol. The van der Waals surface area contributed by atoms with Crippen LogP contribution in [0.4, 0.5) is 5.69 Å². The van der Waals surface area contributed by atoms with Gasteiger partial charge in [-0.25, -0.2) is 0 Å². The summed E-state index contributed by atoms with van der Waals surface area (Å²) in [6.07, 6.45) is 0. The van der Waals surface area contributed by atoms with Gasteiger partial charge >= 0.3 is 0 Å². The topological polar surface area (TPSA) is 55.1 Å². The lowest BCUT2D eigenvalue weighted by Crippen LogP contribution is -2.14. The first-order valence-corrected chi connectivity index (χ1v) is 8.43. The normalized spacial score (nSPS) is 10.8. The first kappa shape index (κ1) is 17.5. The van der Waals surface area contributed by atoms with Crippen LogP contribution in [0.2, 0.25) is 10.0 Å². The Morgan fingerprint density at radius 2 is 1.76 bits per heavy atom. The second-order valence-corrected chi connectivity index (χ2v) is 6.65. The molecule has 0 spiro atoms. The molecule has 6 heteroatoms. The lowest BCUT2D eigenvalue weighted by molar-refractivity contribution is 0.102. The summed E-state index contributed by atoms with van der Waals surface area (Å²) in [4.78, 5) is 12.9. The third-order valence-electron chi connectivity index (χ3n) is 3.92. The number of amides is 1. The summed E-state index contributed by atoms with van der Waals surface area (Å²) in [5.74, 6) is 0.0740. The van der Waals surface area contributed by atoms with Crippen molar-refractivity contribution in [2.24, 2.45) is 0 Å². The number of aryl methyl sites for hydroxylation is 3. The zero-order valence-electron chi connectivity index (χ0n) is 14.0. The Bertz CT molecular complexity index is 944. The lowest BCUT2D eigenvalue weighted by Gasteiger charge is -2.10. The summed E-state index contributed by atoms with van der Waals surface area (Å²) in [5.41, 5.74) is 3.95. The van der Waals surface area contributed by atoms with E-state index in [1.165, 1.54) is 0 Å². The average molecular weight is 375 g/mol. The van der Waals surface area contributed by atoms with E-state index in [2.05, 4.69) is 10.5 Å². The fourth-order valence-electron chi connectivity index (χ4n) is 2.67. The molecule has 0 saturated heterocycles. The minimum atomic E-state index is -0.323. The maximum atomic E-state index is 12.9. The summed E-state index contributed by atoms with van der Waals surface area (Å²) < 4.78 is 5.24. The first-order valence-electron chi connectivity index (χ1n) is 7.67. The van der Waals surface area contributed by atoms with Crippen LogP contribution in [0.1, 0.15) is 27.2 Å². The Hall–Kier alpha value is -2.30. The van der Waals surface area contributed by atoms with E-state index in [4.69, 9.17) is 27.7 Å². The molecule has 1 aromatic heterocycles. The van der Waals surface area contributed by atoms with E-state index in [9.17, 15) is 4.79 Å². The van der Waals surface area contributed by atoms with Gasteiger partial charge < -0.3 is 9.84 Å². The Morgan fingerprint density at radius 1 is 1.08 bits per heavy atom. The van der Waals surface area contributed by atoms with Gasteiger partial charge in [0.2, 0.25) is 0 Å². The van der Waals surface area contributed by atoms with Crippen molar-refractivity contribution < 1.29 is 9.32 Å². The summed E-state index contributed by atoms with van der Waals surface area (Å²) >= 11 is 12.5. The number of rotatable bonds is 3. The summed E-state index contributed by atoms with van der Waals surface area (Å²) in [5, 5.41) is 7.71. The number of hydrogen-bond acceptors (Lipinski definition) is 3. The quantitative estimate of drug-likeness (QED) is 0.627. The van der Waals surface area contributed by atoms with Crippen LogP contribution in [0.25, 0.3) is 11.3 Å². The highest BCUT2D eigenvalue weighted by Gasteiger charge is 2.25. The predicted octanol–water partition coefficient (Wildman–Crippen LogP) is 5.83. The molecule has 0 unspecified atom stereocenters. The Labute approximate surface area is 155 Å². The van der Waals surface area contributed by atoms with Crippen LogP contribution in [0.5, 0.6) is 0 Å². The molecule has 0 radical (unpaired) electrons. The van der Waals surface area contributed by atoms with Crippen molar-refractivity contribution in [1.29, 1.82) is 0 Å². The largest absolute Gasteiger partial charge is 0.360 e. The second kappa shape index (κ2) is 6.90. The van der Waals surface area contributed by atoms with Gasteiger partial charge in [-0.15, -0.1) is 0 Å². The first-order chi connectivity index (χ1) is 11.9. The fraction of sp³-hybridized carbons (Fsp3) is 0.158. The second-order valence-electron chi connectivity index (χ2n) is 5.83. The monoisotopic (exact) mass is 374 g/mol. The van der Waals surface area contributed by atoms with E-state index in [1.54, 1.807) is 25.1 Å². The molecule has 1 heterocycles. The van der Waals surface area contributed by atoms with E-state index in [0.29, 0.717) is 32.6 Å². The number of anilines is 1. The van der Waals surface area contributed by atoms with Gasteiger partial charge in [0, 0.05) is 11.3 Å². The molecule has 2 aromatic carbocycles. The van der Waals surface area contributed by atoms with Crippen molar-refractivity contribution in [2.75, 3.05) is 5.32 Å². The molecular formula is C19H16Cl2N2O2. The van der Waals surface area contributed by atoms with E-state index in [0.717, 1.165) is 16.8 Å². The van der Waals surface area contributed by atoms with Gasteiger partial charge in [0.05, 0.1) is 10.0 Å². The number of carbonyl (C=O) groups is 1. The lowest BCUT2D eigenvalue weighted by atomic mass is 10.0. The van der Waals surface area contributed by atoms with Gasteiger partial charge in [-0.1, -0.05) is 52.1 Å². The van der Waals surface area contributed by atoms with Gasteiger partial charge in [-0.2, -0.15) is 0 Å². The van der Waals surface area contributed by atoms with Gasteiger partial charge in [0.1, 0.15) is 17.0 Å². The smallest absolute Gasteiger partial charge is 0.261 e. The molecule has 1 N–H and O–H groups in total. The van der Waals surface area contributed by atoms with E-state index < -0.39 is 0 Å². The van der Waals surface area contributed by atoms with Crippen LogP contribution in [0.15, 0.2) is 40.9 Å². The van der Waals surface area contributed by atoms with Crippen LogP contribution >= 0.6 is 23.2 Å². The molecule has 0 saturated carbocycles. The maximum Gasteiger partial charge on any atom is 0.261 e. The molecule has 3 aromatic rings. The van der Waals surface area contributed by atoms with Gasteiger partial charge in [-0.3, -0.25) is 4.79 Å². The number of nitrogens with zero attached hydrogens (tertiary/aromatic N) is 1. The third kappa shape index (κ3) is 3.41. The van der Waals surface area contributed by atoms with Crippen molar-refractivity contribution in [3.8, 4) is 11.3 Å². The molecule has 0 aliphatic carbocycles. The van der Waals surface area contributed by atoms with Gasteiger partial charge in [0.25, 0.3) is 5.91 Å². The molecule has 0 fully saturated rings. The van der Waals surface area contributed by atoms with E-state index in [-0.39, 0.29) is 5.91 Å². The summed E-state index contributed by atoms with van der Waals surface area (Å²) in [6.45, 7) is 5.62. The van der Waals surface area contributed by atoms with Crippen molar-refractivity contribution in [3.63, 3.8) is 0 Å². The molecule has 0 aliphatic rings. The third-order valence-corrected chi connectivity index (χ3v) is 4.55. The number of nitrogens with one attached hydrogen (secondary N) is 1. The van der Waals surface area contributed by atoms with Crippen LogP contribution in [0, 0.1) is 20.8 Å². The van der Waals surface area contributed by atoms with Crippen LogP contribution in [-0.2, 0) is 0 Å². The van der Waals surface area contributed by atoms with Crippen molar-refractivity contribution in [2.45, 2.75) is 20.8 Å². The van der Waals surface area contributed by atoms with Crippen molar-refractivity contribution >= 4 is 34.8 Å². The number of aromatic nitrogens is 1. The molecular weight excluding hydrogens is 359 g/mol. The fourth-order valence-corrected chi connectivity index (χ4v) is 3.25. The zero-order chi connectivity index (χ0) is 18.1. The number of halogens is 2. The average Bonchev–Trinajstić information content (AvgIpc) is 2.91. The molecule has 25 heavy (non-hydrogen) atoms. The highest BCUT2D eigenvalue weighted by Crippen LogP contribution is 2.37. The van der Waals surface area contributed by atoms with E-state index >= 15 is 0 Å². The molecule has 0 aliphatic heterocycles. The number of hydrogen-bond donors (Lipinski definition) is 1. The molecule has 128 valence electrons. The number of benzene rings is 2. The Balaban J connectivity index is 2.03. The number of carbonyl (C=O) groups excluding carboxylic acids is 1. The van der Waals surface area contributed by atoms with Crippen LogP contribution < -0.4 is 5.32 Å². The highest BCUT2D eigenvalue weighted by molar-refractivity contribution is 6.39. The maximum absolute atomic E-state index is 12.9. The molecule has 3 rings (SSSR count). The van der Waals surface area contributed by atoms with Crippen LogP contribution in [-0.4, -0.2) is 11.1 Å². The van der Waals surface area contributed by atoms with Crippen molar-refractivity contribution in [1.82, 2.24) is 5.16 Å². The Kier molecular flexibility index (Phi) is 4.84. The molecule has 0 atom stereocenters. The molecule has 4 nitrogen and oxygen atoms in total. The van der Waals surface area contributed by atoms with Gasteiger partial charge in [0.15, 0.2) is 0 Å². The van der Waals surface area contributed by atoms with Gasteiger partial charge in [-0.05, 0) is 44.5 Å². The van der Waals surface area contributed by atoms with E-state index in [1.807, 2.05) is 32.0 Å². The summed E-state index contributed by atoms with van der Waals surface area (Å²) in [7, 11) is 0. The zero-order valence-corrected chi connectivity index (χ0v) is 15.5. The van der Waals surface area contributed by atoms with Crippen LogP contribution in [0.3, 0.4) is 0 Å². The highest BCUT2D eigenvalue weighted by atomic mass is 35.5. The molecule has 1 amide bonds. The minimum Gasteiger partial charge on any atom is -0.360 e. The summed E-state index contributed by atoms with van der Waals surface area (Å²) in [6, 6.07) is 10.9. The van der Waals surface area contributed by atoms with Crippen molar-refractivity contribution in [3.05, 3.63) is 68.9 Å². The Morgan fingerprint density at radius 3 is 2.40 bits per heavy atom. The minimum absolute atomic E-state index is 0.315. The standard InChI is InChI=1S/C19H16Cl2N2O2/c1-10-7-8-15(11(2)9-10)22-19(24)16-12(3)25-23-18(16)17-13(20)5-4-6-14(17)21/h4-9H,1-3H3,(H,22,24). The SMILES string of the molecule is Cc1ccc(NC(=O)c2c(-c3c(Cl)cccc3Cl)noc2C)c(C)c1.